The first-order chi connectivity index (χ1) is 15.0. The van der Waals surface area contributed by atoms with Crippen molar-refractivity contribution in [2.75, 3.05) is 6.61 Å². The quantitative estimate of drug-likeness (QED) is 0.536. The topological polar surface area (TPSA) is 79.4 Å². The second kappa shape index (κ2) is 9.38. The van der Waals surface area contributed by atoms with Crippen LogP contribution in [0.25, 0.3) is 22.0 Å². The number of ether oxygens (including phenoxy) is 1. The van der Waals surface area contributed by atoms with Crippen LogP contribution in [0.3, 0.4) is 0 Å². The van der Waals surface area contributed by atoms with E-state index >= 15 is 0 Å². The van der Waals surface area contributed by atoms with E-state index in [9.17, 15) is 14.7 Å². The minimum Gasteiger partial charge on any atom is -0.493 e. The minimum atomic E-state index is -0.797. The first kappa shape index (κ1) is 21.2. The van der Waals surface area contributed by atoms with E-state index in [1.807, 2.05) is 42.5 Å². The SMILES string of the molecule is CC(Cc1ccc(OCC2CCCCC2)c(-c2ccc3[nH]c(=O)ccc3c2)c1)C(=O)O. The second-order valence-electron chi connectivity index (χ2n) is 8.71. The van der Waals surface area contributed by atoms with Gasteiger partial charge in [-0.15, -0.1) is 0 Å². The highest BCUT2D eigenvalue weighted by molar-refractivity contribution is 5.85. The molecule has 0 aliphatic heterocycles. The van der Waals surface area contributed by atoms with Crippen LogP contribution in [0.15, 0.2) is 53.3 Å². The Balaban J connectivity index is 1.68. The molecule has 0 spiro atoms. The van der Waals surface area contributed by atoms with Crippen LogP contribution in [0.1, 0.15) is 44.6 Å². The third-order valence-electron chi connectivity index (χ3n) is 6.24. The lowest BCUT2D eigenvalue weighted by Gasteiger charge is -2.23. The molecule has 31 heavy (non-hydrogen) atoms. The number of nitrogens with one attached hydrogen (secondary N) is 1. The molecule has 5 nitrogen and oxygen atoms in total. The molecular weight excluding hydrogens is 390 g/mol. The van der Waals surface area contributed by atoms with Gasteiger partial charge in [-0.25, -0.2) is 0 Å². The standard InChI is InChI=1S/C26H29NO4/c1-17(26(29)30)13-19-7-11-24(31-16-18-5-3-2-4-6-18)22(14-19)20-8-10-23-21(15-20)9-12-25(28)27-23/h7-12,14-15,17-18H,2-6,13,16H2,1H3,(H,27,28)(H,29,30). The molecule has 1 heterocycles. The molecule has 1 fully saturated rings. The van der Waals surface area contributed by atoms with Gasteiger partial charge in [0.2, 0.25) is 5.56 Å². The Bertz CT molecular complexity index is 1130. The summed E-state index contributed by atoms with van der Waals surface area (Å²) in [6.07, 6.45) is 6.76. The molecule has 1 saturated carbocycles. The van der Waals surface area contributed by atoms with E-state index in [-0.39, 0.29) is 5.56 Å². The van der Waals surface area contributed by atoms with Crippen LogP contribution >= 0.6 is 0 Å². The molecule has 0 amide bonds. The van der Waals surface area contributed by atoms with Gasteiger partial charge in [0.15, 0.2) is 0 Å². The van der Waals surface area contributed by atoms with Gasteiger partial charge >= 0.3 is 5.97 Å². The van der Waals surface area contributed by atoms with Gasteiger partial charge in [0, 0.05) is 17.1 Å². The summed E-state index contributed by atoms with van der Waals surface area (Å²) in [5.41, 5.74) is 3.58. The Morgan fingerprint density at radius 3 is 2.68 bits per heavy atom. The van der Waals surface area contributed by atoms with Gasteiger partial charge in [0.25, 0.3) is 0 Å². The van der Waals surface area contributed by atoms with E-state index in [0.717, 1.165) is 33.3 Å². The number of H-pyrrole nitrogens is 1. The summed E-state index contributed by atoms with van der Waals surface area (Å²) >= 11 is 0. The van der Waals surface area contributed by atoms with E-state index in [2.05, 4.69) is 4.98 Å². The Kier molecular flexibility index (Phi) is 6.40. The highest BCUT2D eigenvalue weighted by atomic mass is 16.5. The molecule has 4 rings (SSSR count). The number of benzene rings is 2. The maximum absolute atomic E-state index is 11.6. The van der Waals surface area contributed by atoms with Crippen molar-refractivity contribution < 1.29 is 14.6 Å². The van der Waals surface area contributed by atoms with Crippen molar-refractivity contribution in [2.24, 2.45) is 11.8 Å². The average molecular weight is 420 g/mol. The zero-order valence-electron chi connectivity index (χ0n) is 17.9. The van der Waals surface area contributed by atoms with Gasteiger partial charge in [0.05, 0.1) is 12.5 Å². The zero-order valence-corrected chi connectivity index (χ0v) is 17.9. The number of fused-ring (bicyclic) bond motifs is 1. The molecule has 1 aliphatic rings. The predicted octanol–water partition coefficient (Wildman–Crippen LogP) is 5.42. The highest BCUT2D eigenvalue weighted by Crippen LogP contribution is 2.34. The number of aromatic amines is 1. The molecule has 2 aromatic carbocycles. The smallest absolute Gasteiger partial charge is 0.306 e. The maximum Gasteiger partial charge on any atom is 0.306 e. The number of aliphatic carboxylic acids is 1. The maximum atomic E-state index is 11.6. The Morgan fingerprint density at radius 2 is 1.90 bits per heavy atom. The molecule has 1 aromatic heterocycles. The number of pyridine rings is 1. The van der Waals surface area contributed by atoms with Crippen molar-refractivity contribution >= 4 is 16.9 Å². The summed E-state index contributed by atoms with van der Waals surface area (Å²) in [4.78, 5) is 25.8. The zero-order chi connectivity index (χ0) is 21.8. The molecule has 0 bridgehead atoms. The monoisotopic (exact) mass is 419 g/mol. The number of hydrogen-bond acceptors (Lipinski definition) is 3. The van der Waals surface area contributed by atoms with Gasteiger partial charge in [0.1, 0.15) is 5.75 Å². The van der Waals surface area contributed by atoms with Gasteiger partial charge in [-0.05, 0) is 72.0 Å². The number of hydrogen-bond donors (Lipinski definition) is 2. The number of rotatable bonds is 7. The number of aromatic nitrogens is 1. The van der Waals surface area contributed by atoms with E-state index < -0.39 is 11.9 Å². The van der Waals surface area contributed by atoms with Crippen molar-refractivity contribution in [3.05, 3.63) is 64.4 Å². The van der Waals surface area contributed by atoms with Crippen LogP contribution < -0.4 is 10.3 Å². The van der Waals surface area contributed by atoms with Crippen LogP contribution in [0, 0.1) is 11.8 Å². The van der Waals surface area contributed by atoms with Gasteiger partial charge < -0.3 is 14.8 Å². The van der Waals surface area contributed by atoms with Crippen LogP contribution in [-0.2, 0) is 11.2 Å². The number of carbonyl (C=O) groups is 1. The van der Waals surface area contributed by atoms with Crippen molar-refractivity contribution in [1.29, 1.82) is 0 Å². The van der Waals surface area contributed by atoms with Crippen LogP contribution in [0.2, 0.25) is 0 Å². The summed E-state index contributed by atoms with van der Waals surface area (Å²) in [6.45, 7) is 2.43. The van der Waals surface area contributed by atoms with Crippen LogP contribution in [0.4, 0.5) is 0 Å². The van der Waals surface area contributed by atoms with Crippen molar-refractivity contribution in [1.82, 2.24) is 4.98 Å². The van der Waals surface area contributed by atoms with E-state index in [1.165, 1.54) is 38.2 Å². The lowest BCUT2D eigenvalue weighted by atomic mass is 9.90. The first-order valence-corrected chi connectivity index (χ1v) is 11.1. The van der Waals surface area contributed by atoms with Crippen LogP contribution in [0.5, 0.6) is 5.75 Å². The summed E-state index contributed by atoms with van der Waals surface area (Å²) in [7, 11) is 0. The number of carboxylic acid groups (broad SMARTS) is 1. The molecule has 1 aliphatic carbocycles. The lowest BCUT2D eigenvalue weighted by molar-refractivity contribution is -0.141. The van der Waals surface area contributed by atoms with Crippen molar-refractivity contribution in [3.8, 4) is 16.9 Å². The summed E-state index contributed by atoms with van der Waals surface area (Å²) in [5, 5.41) is 10.2. The lowest BCUT2D eigenvalue weighted by Crippen LogP contribution is -2.15. The van der Waals surface area contributed by atoms with E-state index in [0.29, 0.717) is 18.9 Å². The molecule has 3 aromatic rings. The fraction of sp³-hybridized carbons (Fsp3) is 0.385. The Labute approximate surface area is 182 Å². The fourth-order valence-corrected chi connectivity index (χ4v) is 4.38. The normalized spacial score (nSPS) is 15.6. The van der Waals surface area contributed by atoms with E-state index in [1.54, 1.807) is 6.92 Å². The molecule has 162 valence electrons. The average Bonchev–Trinajstić information content (AvgIpc) is 2.78. The summed E-state index contributed by atoms with van der Waals surface area (Å²) in [6, 6.07) is 15.3. The highest BCUT2D eigenvalue weighted by Gasteiger charge is 2.17. The fourth-order valence-electron chi connectivity index (χ4n) is 4.38. The summed E-state index contributed by atoms with van der Waals surface area (Å²) in [5.74, 6) is 0.161. The van der Waals surface area contributed by atoms with E-state index in [4.69, 9.17) is 4.74 Å². The van der Waals surface area contributed by atoms with Crippen molar-refractivity contribution in [2.45, 2.75) is 45.4 Å². The van der Waals surface area contributed by atoms with Crippen molar-refractivity contribution in [3.63, 3.8) is 0 Å². The molecule has 0 radical (unpaired) electrons. The Hall–Kier alpha value is -3.08. The minimum absolute atomic E-state index is 0.124. The third kappa shape index (κ3) is 5.16. The first-order valence-electron chi connectivity index (χ1n) is 11.1. The van der Waals surface area contributed by atoms with Gasteiger partial charge in [-0.1, -0.05) is 38.3 Å². The summed E-state index contributed by atoms with van der Waals surface area (Å²) < 4.78 is 6.30. The second-order valence-corrected chi connectivity index (χ2v) is 8.71. The molecule has 0 saturated heterocycles. The Morgan fingerprint density at radius 1 is 1.10 bits per heavy atom. The predicted molar refractivity (Wildman–Crippen MR) is 123 cm³/mol. The largest absolute Gasteiger partial charge is 0.493 e. The molecule has 5 heteroatoms. The van der Waals surface area contributed by atoms with Gasteiger partial charge in [-0.3, -0.25) is 9.59 Å². The molecular formula is C26H29NO4. The molecule has 1 unspecified atom stereocenters. The molecule has 2 N–H and O–H groups in total. The number of carboxylic acids is 1. The van der Waals surface area contributed by atoms with Gasteiger partial charge in [-0.2, -0.15) is 0 Å². The third-order valence-corrected chi connectivity index (χ3v) is 6.24. The molecule has 1 atom stereocenters. The van der Waals surface area contributed by atoms with Crippen LogP contribution in [-0.4, -0.2) is 22.7 Å².